The van der Waals surface area contributed by atoms with Crippen LogP contribution >= 0.6 is 34.5 Å². The lowest BCUT2D eigenvalue weighted by atomic mass is 10.1. The first-order valence-corrected chi connectivity index (χ1v) is 10.3. The second-order valence-corrected chi connectivity index (χ2v) is 8.17. The van der Waals surface area contributed by atoms with Gasteiger partial charge in [-0.25, -0.2) is 9.37 Å². The molecular weight excluding hydrogens is 436 g/mol. The number of thiophene rings is 1. The number of nitrogens with two attached hydrogens (primary N) is 2. The molecule has 0 saturated heterocycles. The summed E-state index contributed by atoms with van der Waals surface area (Å²) in [4.78, 5) is 5.29. The van der Waals surface area contributed by atoms with Crippen LogP contribution in [0.1, 0.15) is 23.5 Å². The number of nitrogens with zero attached hydrogens (tertiary/aromatic N) is 1. The SMILES string of the molecule is C[C@@H](Oc1c(N)ncc2c(-c3csc(CN)c3)coc12)c1c(Cl)ccc(F)c1Cl. The van der Waals surface area contributed by atoms with Crippen LogP contribution in [0.25, 0.3) is 22.1 Å². The summed E-state index contributed by atoms with van der Waals surface area (Å²) in [6.45, 7) is 2.16. The topological polar surface area (TPSA) is 87.3 Å². The second-order valence-electron chi connectivity index (χ2n) is 6.39. The predicted molar refractivity (Wildman–Crippen MR) is 115 cm³/mol. The molecule has 1 aromatic carbocycles. The number of pyridine rings is 1. The summed E-state index contributed by atoms with van der Waals surface area (Å²) in [5, 5.41) is 2.92. The fraction of sp³-hybridized carbons (Fsp3) is 0.150. The van der Waals surface area contributed by atoms with E-state index in [1.165, 1.54) is 12.1 Å². The van der Waals surface area contributed by atoms with Gasteiger partial charge in [0, 0.05) is 33.8 Å². The Labute approximate surface area is 180 Å². The Bertz CT molecular complexity index is 1210. The second kappa shape index (κ2) is 7.84. The maximum atomic E-state index is 13.9. The van der Waals surface area contributed by atoms with E-state index in [0.29, 0.717) is 17.7 Å². The van der Waals surface area contributed by atoms with Crippen LogP contribution in [0.5, 0.6) is 5.75 Å². The number of halogens is 3. The molecule has 3 aromatic heterocycles. The number of anilines is 1. The maximum absolute atomic E-state index is 13.9. The zero-order valence-electron chi connectivity index (χ0n) is 15.2. The van der Waals surface area contributed by atoms with E-state index in [9.17, 15) is 4.39 Å². The van der Waals surface area contributed by atoms with Gasteiger partial charge in [-0.2, -0.15) is 0 Å². The van der Waals surface area contributed by atoms with Gasteiger partial charge in [-0.15, -0.1) is 11.3 Å². The van der Waals surface area contributed by atoms with Crippen molar-refractivity contribution < 1.29 is 13.5 Å². The van der Waals surface area contributed by atoms with E-state index in [-0.39, 0.29) is 21.6 Å². The molecular formula is C20H16Cl2FN3O2S. The smallest absolute Gasteiger partial charge is 0.205 e. The molecule has 0 bridgehead atoms. The largest absolute Gasteiger partial charge is 0.478 e. The van der Waals surface area contributed by atoms with Crippen molar-refractivity contribution in [2.75, 3.05) is 5.73 Å². The number of aromatic nitrogens is 1. The molecule has 4 aromatic rings. The molecule has 4 N–H and O–H groups in total. The summed E-state index contributed by atoms with van der Waals surface area (Å²) in [5.74, 6) is -0.201. The average molecular weight is 452 g/mol. The van der Waals surface area contributed by atoms with Crippen molar-refractivity contribution >= 4 is 51.3 Å². The quantitative estimate of drug-likeness (QED) is 0.353. The van der Waals surface area contributed by atoms with Gasteiger partial charge in [0.15, 0.2) is 11.4 Å². The van der Waals surface area contributed by atoms with Crippen molar-refractivity contribution in [2.24, 2.45) is 5.73 Å². The van der Waals surface area contributed by atoms with Crippen molar-refractivity contribution in [2.45, 2.75) is 19.6 Å². The fourth-order valence-electron chi connectivity index (χ4n) is 3.10. The number of nitrogen functional groups attached to an aromatic ring is 1. The van der Waals surface area contributed by atoms with Crippen LogP contribution in [-0.4, -0.2) is 4.98 Å². The summed E-state index contributed by atoms with van der Waals surface area (Å²) in [5.41, 5.74) is 14.3. The van der Waals surface area contributed by atoms with E-state index in [4.69, 9.17) is 43.8 Å². The highest BCUT2D eigenvalue weighted by atomic mass is 35.5. The van der Waals surface area contributed by atoms with Crippen LogP contribution in [0.15, 0.2) is 40.5 Å². The lowest BCUT2D eigenvalue weighted by Gasteiger charge is -2.18. The van der Waals surface area contributed by atoms with Crippen molar-refractivity contribution in [1.29, 1.82) is 0 Å². The first-order chi connectivity index (χ1) is 13.9. The molecule has 0 amide bonds. The number of furan rings is 1. The van der Waals surface area contributed by atoms with Crippen molar-refractivity contribution in [3.63, 3.8) is 0 Å². The Morgan fingerprint density at radius 1 is 1.34 bits per heavy atom. The minimum Gasteiger partial charge on any atom is -0.478 e. The number of ether oxygens (including phenoxy) is 1. The normalized spacial score (nSPS) is 12.4. The number of fused-ring (bicyclic) bond motifs is 1. The maximum Gasteiger partial charge on any atom is 0.205 e. The highest BCUT2D eigenvalue weighted by molar-refractivity contribution is 7.10. The average Bonchev–Trinajstić information content (AvgIpc) is 3.34. The van der Waals surface area contributed by atoms with Crippen LogP contribution in [0.4, 0.5) is 10.2 Å². The first kappa shape index (κ1) is 20.0. The van der Waals surface area contributed by atoms with Gasteiger partial charge in [0.1, 0.15) is 11.9 Å². The summed E-state index contributed by atoms with van der Waals surface area (Å²) < 4.78 is 25.7. The van der Waals surface area contributed by atoms with Crippen LogP contribution < -0.4 is 16.2 Å². The summed E-state index contributed by atoms with van der Waals surface area (Å²) in [6.07, 6.45) is 2.55. The number of rotatable bonds is 5. The first-order valence-electron chi connectivity index (χ1n) is 8.64. The van der Waals surface area contributed by atoms with E-state index in [1.54, 1.807) is 30.7 Å². The lowest BCUT2D eigenvalue weighted by molar-refractivity contribution is 0.227. The van der Waals surface area contributed by atoms with Crippen LogP contribution in [0.2, 0.25) is 10.0 Å². The molecule has 29 heavy (non-hydrogen) atoms. The molecule has 9 heteroatoms. The summed E-state index contributed by atoms with van der Waals surface area (Å²) >= 11 is 13.9. The summed E-state index contributed by atoms with van der Waals surface area (Å²) in [6, 6.07) is 4.63. The molecule has 0 aliphatic carbocycles. The number of benzene rings is 1. The highest BCUT2D eigenvalue weighted by Crippen LogP contribution is 2.42. The molecule has 1 atom stereocenters. The van der Waals surface area contributed by atoms with Gasteiger partial charge in [-0.3, -0.25) is 0 Å². The lowest BCUT2D eigenvalue weighted by Crippen LogP contribution is -2.08. The van der Waals surface area contributed by atoms with E-state index in [1.807, 2.05) is 11.4 Å². The van der Waals surface area contributed by atoms with Gasteiger partial charge in [-0.05, 0) is 36.1 Å². The third-order valence-electron chi connectivity index (χ3n) is 4.55. The molecule has 3 heterocycles. The minimum absolute atomic E-state index is 0.101. The van der Waals surface area contributed by atoms with Gasteiger partial charge < -0.3 is 20.6 Å². The van der Waals surface area contributed by atoms with Crippen LogP contribution in [-0.2, 0) is 6.54 Å². The third-order valence-corrected chi connectivity index (χ3v) is 6.22. The molecule has 4 rings (SSSR count). The Kier molecular flexibility index (Phi) is 5.40. The van der Waals surface area contributed by atoms with Crippen LogP contribution in [0, 0.1) is 5.82 Å². The standard InChI is InChI=1S/C20H16Cl2FN3O2S/c1-9(16-14(21)2-3-15(23)17(16)22)28-19-18-12(6-26-20(19)25)13(7-27-18)10-4-11(5-24)29-8-10/h2-4,6-9H,5,24H2,1H3,(H2,25,26)/t9-/m1/s1. The third kappa shape index (κ3) is 3.55. The van der Waals surface area contributed by atoms with Crippen molar-refractivity contribution in [3.05, 3.63) is 62.3 Å². The van der Waals surface area contributed by atoms with Gasteiger partial charge >= 0.3 is 0 Å². The van der Waals surface area contributed by atoms with E-state index < -0.39 is 11.9 Å². The molecule has 0 unspecified atom stereocenters. The molecule has 150 valence electrons. The van der Waals surface area contributed by atoms with Gasteiger partial charge in [0.2, 0.25) is 5.75 Å². The van der Waals surface area contributed by atoms with Crippen molar-refractivity contribution in [3.8, 4) is 16.9 Å². The van der Waals surface area contributed by atoms with E-state index in [2.05, 4.69) is 4.98 Å². The van der Waals surface area contributed by atoms with Gasteiger partial charge in [-0.1, -0.05) is 23.2 Å². The minimum atomic E-state index is -0.695. The van der Waals surface area contributed by atoms with E-state index in [0.717, 1.165) is 21.4 Å². The Morgan fingerprint density at radius 2 is 2.14 bits per heavy atom. The molecule has 5 nitrogen and oxygen atoms in total. The Morgan fingerprint density at radius 3 is 2.86 bits per heavy atom. The zero-order chi connectivity index (χ0) is 20.7. The van der Waals surface area contributed by atoms with Gasteiger partial charge in [0.25, 0.3) is 0 Å². The molecule has 0 radical (unpaired) electrons. The Hall–Kier alpha value is -2.32. The molecule has 0 fully saturated rings. The van der Waals surface area contributed by atoms with E-state index >= 15 is 0 Å². The number of hydrogen-bond acceptors (Lipinski definition) is 6. The van der Waals surface area contributed by atoms with Gasteiger partial charge in [0.05, 0.1) is 16.7 Å². The molecule has 0 aliphatic heterocycles. The summed E-state index contributed by atoms with van der Waals surface area (Å²) in [7, 11) is 0. The molecule has 0 saturated carbocycles. The fourth-order valence-corrected chi connectivity index (χ4v) is 4.54. The zero-order valence-corrected chi connectivity index (χ0v) is 17.5. The van der Waals surface area contributed by atoms with Crippen molar-refractivity contribution in [1.82, 2.24) is 4.98 Å². The predicted octanol–water partition coefficient (Wildman–Crippen LogP) is 6.18. The highest BCUT2D eigenvalue weighted by Gasteiger charge is 2.23. The molecule has 0 aliphatic rings. The monoisotopic (exact) mass is 451 g/mol. The van der Waals surface area contributed by atoms with Crippen LogP contribution in [0.3, 0.4) is 0 Å². The number of hydrogen-bond donors (Lipinski definition) is 2. The Balaban J connectivity index is 1.77. The molecule has 0 spiro atoms.